The fraction of sp³-hybridized carbons (Fsp3) is 0.714. The maximum atomic E-state index is 5.81. The maximum Gasteiger partial charge on any atom is 0.158 e. The SMILES string of the molecule is CCOCc1nc(N)cc(NCC2CCCN2CC)n1. The monoisotopic (exact) mass is 279 g/mol. The van der Waals surface area contributed by atoms with Crippen LogP contribution in [0.15, 0.2) is 6.07 Å². The maximum absolute atomic E-state index is 5.81. The first-order chi connectivity index (χ1) is 9.72. The second kappa shape index (κ2) is 7.40. The molecule has 20 heavy (non-hydrogen) atoms. The topological polar surface area (TPSA) is 76.3 Å². The van der Waals surface area contributed by atoms with Crippen molar-refractivity contribution in [2.45, 2.75) is 39.3 Å². The number of aromatic nitrogens is 2. The largest absolute Gasteiger partial charge is 0.384 e. The number of likely N-dealkylation sites (N-methyl/N-ethyl adjacent to an activating group) is 1. The summed E-state index contributed by atoms with van der Waals surface area (Å²) < 4.78 is 5.33. The van der Waals surface area contributed by atoms with Gasteiger partial charge in [0.25, 0.3) is 0 Å². The van der Waals surface area contributed by atoms with Crippen LogP contribution in [0.25, 0.3) is 0 Å². The number of anilines is 2. The van der Waals surface area contributed by atoms with E-state index in [1.807, 2.05) is 6.92 Å². The summed E-state index contributed by atoms with van der Waals surface area (Å²) in [6.07, 6.45) is 2.52. The Morgan fingerprint density at radius 1 is 1.45 bits per heavy atom. The Bertz CT molecular complexity index is 426. The second-order valence-corrected chi connectivity index (χ2v) is 5.04. The molecule has 0 aliphatic carbocycles. The van der Waals surface area contributed by atoms with E-state index in [2.05, 4.69) is 27.1 Å². The number of nitrogen functional groups attached to an aromatic ring is 1. The number of hydrogen-bond donors (Lipinski definition) is 2. The number of hydrogen-bond acceptors (Lipinski definition) is 6. The summed E-state index contributed by atoms with van der Waals surface area (Å²) in [4.78, 5) is 11.1. The van der Waals surface area contributed by atoms with Crippen LogP contribution in [0.3, 0.4) is 0 Å². The Labute approximate surface area is 120 Å². The fourth-order valence-corrected chi connectivity index (χ4v) is 2.63. The van der Waals surface area contributed by atoms with Crippen LogP contribution in [-0.2, 0) is 11.3 Å². The van der Waals surface area contributed by atoms with Gasteiger partial charge in [0.1, 0.15) is 18.2 Å². The van der Waals surface area contributed by atoms with Gasteiger partial charge in [-0.05, 0) is 32.9 Å². The minimum atomic E-state index is 0.404. The summed E-state index contributed by atoms with van der Waals surface area (Å²) in [5.41, 5.74) is 5.81. The highest BCUT2D eigenvalue weighted by molar-refractivity contribution is 5.44. The summed E-state index contributed by atoms with van der Waals surface area (Å²) in [5.74, 6) is 1.90. The third-order valence-electron chi connectivity index (χ3n) is 3.65. The third kappa shape index (κ3) is 4.05. The number of nitrogens with zero attached hydrogens (tertiary/aromatic N) is 3. The van der Waals surface area contributed by atoms with Crippen LogP contribution in [-0.4, -0.2) is 47.2 Å². The molecule has 0 aromatic carbocycles. The van der Waals surface area contributed by atoms with Crippen molar-refractivity contribution in [2.24, 2.45) is 0 Å². The van der Waals surface area contributed by atoms with Gasteiger partial charge in [0.15, 0.2) is 5.82 Å². The summed E-state index contributed by atoms with van der Waals surface area (Å²) in [6.45, 7) is 8.41. The van der Waals surface area contributed by atoms with E-state index < -0.39 is 0 Å². The third-order valence-corrected chi connectivity index (χ3v) is 3.65. The van der Waals surface area contributed by atoms with E-state index in [0.717, 1.165) is 18.9 Å². The molecule has 1 aromatic rings. The first-order valence-corrected chi connectivity index (χ1v) is 7.42. The van der Waals surface area contributed by atoms with Gasteiger partial charge in [-0.2, -0.15) is 0 Å². The Kier molecular flexibility index (Phi) is 5.55. The fourth-order valence-electron chi connectivity index (χ4n) is 2.63. The lowest BCUT2D eigenvalue weighted by Gasteiger charge is -2.23. The zero-order valence-corrected chi connectivity index (χ0v) is 12.4. The average Bonchev–Trinajstić information content (AvgIpc) is 2.90. The molecule has 0 bridgehead atoms. The molecule has 1 aromatic heterocycles. The molecule has 0 amide bonds. The van der Waals surface area contributed by atoms with Gasteiger partial charge >= 0.3 is 0 Å². The smallest absolute Gasteiger partial charge is 0.158 e. The van der Waals surface area contributed by atoms with Gasteiger partial charge in [0.2, 0.25) is 0 Å². The zero-order valence-electron chi connectivity index (χ0n) is 12.4. The molecule has 3 N–H and O–H groups in total. The number of nitrogens with two attached hydrogens (primary N) is 1. The molecular formula is C14H25N5O. The lowest BCUT2D eigenvalue weighted by atomic mass is 10.2. The molecule has 1 fully saturated rings. The van der Waals surface area contributed by atoms with Crippen LogP contribution < -0.4 is 11.1 Å². The van der Waals surface area contributed by atoms with Crippen LogP contribution in [0.4, 0.5) is 11.6 Å². The quantitative estimate of drug-likeness (QED) is 0.787. The first-order valence-electron chi connectivity index (χ1n) is 7.42. The van der Waals surface area contributed by atoms with E-state index in [0.29, 0.717) is 30.9 Å². The molecule has 1 saturated heterocycles. The van der Waals surface area contributed by atoms with Gasteiger partial charge in [-0.1, -0.05) is 6.92 Å². The van der Waals surface area contributed by atoms with Crippen LogP contribution in [0.2, 0.25) is 0 Å². The lowest BCUT2D eigenvalue weighted by molar-refractivity contribution is 0.128. The van der Waals surface area contributed by atoms with Crippen molar-refractivity contribution in [3.05, 3.63) is 11.9 Å². The minimum absolute atomic E-state index is 0.404. The predicted octanol–water partition coefficient (Wildman–Crippen LogP) is 1.49. The molecule has 0 spiro atoms. The second-order valence-electron chi connectivity index (χ2n) is 5.04. The van der Waals surface area contributed by atoms with Crippen molar-refractivity contribution in [1.29, 1.82) is 0 Å². The van der Waals surface area contributed by atoms with E-state index in [9.17, 15) is 0 Å². The molecule has 0 saturated carbocycles. The highest BCUT2D eigenvalue weighted by Gasteiger charge is 2.22. The Morgan fingerprint density at radius 2 is 2.30 bits per heavy atom. The van der Waals surface area contributed by atoms with Crippen molar-refractivity contribution < 1.29 is 4.74 Å². The molecule has 1 aliphatic rings. The Balaban J connectivity index is 1.93. The molecular weight excluding hydrogens is 254 g/mol. The molecule has 2 heterocycles. The predicted molar refractivity (Wildman–Crippen MR) is 80.5 cm³/mol. The molecule has 2 rings (SSSR count). The van der Waals surface area contributed by atoms with E-state index >= 15 is 0 Å². The Morgan fingerprint density at radius 3 is 3.05 bits per heavy atom. The van der Waals surface area contributed by atoms with Crippen LogP contribution in [0.5, 0.6) is 0 Å². The minimum Gasteiger partial charge on any atom is -0.384 e. The summed E-state index contributed by atoms with van der Waals surface area (Å²) >= 11 is 0. The van der Waals surface area contributed by atoms with Gasteiger partial charge in [0, 0.05) is 25.3 Å². The van der Waals surface area contributed by atoms with Gasteiger partial charge < -0.3 is 15.8 Å². The highest BCUT2D eigenvalue weighted by Crippen LogP contribution is 2.17. The summed E-state index contributed by atoms with van der Waals surface area (Å²) in [7, 11) is 0. The van der Waals surface area contributed by atoms with Crippen molar-refractivity contribution >= 4 is 11.6 Å². The molecule has 6 heteroatoms. The van der Waals surface area contributed by atoms with Crippen molar-refractivity contribution in [2.75, 3.05) is 37.3 Å². The van der Waals surface area contributed by atoms with Gasteiger partial charge in [-0.25, -0.2) is 9.97 Å². The highest BCUT2D eigenvalue weighted by atomic mass is 16.5. The van der Waals surface area contributed by atoms with E-state index in [1.165, 1.54) is 19.4 Å². The molecule has 0 radical (unpaired) electrons. The molecule has 1 aliphatic heterocycles. The van der Waals surface area contributed by atoms with Gasteiger partial charge in [-0.3, -0.25) is 4.90 Å². The van der Waals surface area contributed by atoms with E-state index in [1.54, 1.807) is 6.07 Å². The van der Waals surface area contributed by atoms with E-state index in [4.69, 9.17) is 10.5 Å². The molecule has 6 nitrogen and oxygen atoms in total. The lowest BCUT2D eigenvalue weighted by Crippen LogP contribution is -2.34. The first kappa shape index (κ1) is 15.0. The number of likely N-dealkylation sites (tertiary alicyclic amines) is 1. The standard InChI is InChI=1S/C14H25N5O/c1-3-19-7-5-6-11(19)9-16-13-8-12(15)17-14(18-13)10-20-4-2/h8,11H,3-7,9-10H2,1-2H3,(H3,15,16,17,18). The number of rotatable bonds is 7. The van der Waals surface area contributed by atoms with Crippen molar-refractivity contribution in [3.8, 4) is 0 Å². The summed E-state index contributed by atoms with van der Waals surface area (Å²) in [6, 6.07) is 2.37. The van der Waals surface area contributed by atoms with E-state index in [-0.39, 0.29) is 0 Å². The number of nitrogens with one attached hydrogen (secondary N) is 1. The van der Waals surface area contributed by atoms with Crippen LogP contribution in [0.1, 0.15) is 32.5 Å². The molecule has 1 atom stereocenters. The van der Waals surface area contributed by atoms with Gasteiger partial charge in [0.05, 0.1) is 0 Å². The number of ether oxygens (including phenoxy) is 1. The zero-order chi connectivity index (χ0) is 14.4. The molecule has 112 valence electrons. The average molecular weight is 279 g/mol. The summed E-state index contributed by atoms with van der Waals surface area (Å²) in [5, 5.41) is 3.38. The molecule has 1 unspecified atom stereocenters. The Hall–Kier alpha value is -1.40. The van der Waals surface area contributed by atoms with Crippen LogP contribution in [0, 0.1) is 0 Å². The van der Waals surface area contributed by atoms with Crippen LogP contribution >= 0.6 is 0 Å². The van der Waals surface area contributed by atoms with Crippen molar-refractivity contribution in [3.63, 3.8) is 0 Å². The van der Waals surface area contributed by atoms with Crippen molar-refractivity contribution in [1.82, 2.24) is 14.9 Å². The normalized spacial score (nSPS) is 19.4. The van der Waals surface area contributed by atoms with Gasteiger partial charge in [-0.15, -0.1) is 0 Å².